The Balaban J connectivity index is 0.000000246. The number of β-lactam (4-membered cyclic amide) rings is 1. The first-order chi connectivity index (χ1) is 9.60. The molecule has 0 atom stereocenters. The summed E-state index contributed by atoms with van der Waals surface area (Å²) in [4.78, 5) is 13.0. The zero-order valence-corrected chi connectivity index (χ0v) is 12.2. The molecule has 1 saturated heterocycles. The van der Waals surface area contributed by atoms with Gasteiger partial charge in [0, 0.05) is 11.3 Å². The lowest BCUT2D eigenvalue weighted by molar-refractivity contribution is -0.117. The van der Waals surface area contributed by atoms with E-state index in [1.807, 2.05) is 62.4 Å². The van der Waals surface area contributed by atoms with Gasteiger partial charge in [0.25, 0.3) is 5.91 Å². The largest absolute Gasteiger partial charge is 0.304 e. The SMILES string of the molecule is C=C/C=C\C=C/C.C=C1CN(c2cccc(C)c2)C1=O. The van der Waals surface area contributed by atoms with Crippen molar-refractivity contribution in [1.29, 1.82) is 0 Å². The number of amides is 1. The molecule has 1 aromatic carbocycles. The Morgan fingerprint density at radius 2 is 2.00 bits per heavy atom. The lowest BCUT2D eigenvalue weighted by Gasteiger charge is -2.32. The van der Waals surface area contributed by atoms with E-state index in [0.29, 0.717) is 12.1 Å². The van der Waals surface area contributed by atoms with Crippen LogP contribution in [0.3, 0.4) is 0 Å². The predicted molar refractivity (Wildman–Crippen MR) is 86.8 cm³/mol. The first kappa shape index (κ1) is 15.7. The third-order valence-corrected chi connectivity index (χ3v) is 2.76. The van der Waals surface area contributed by atoms with E-state index in [4.69, 9.17) is 0 Å². The quantitative estimate of drug-likeness (QED) is 0.456. The zero-order chi connectivity index (χ0) is 15.0. The molecule has 104 valence electrons. The highest BCUT2D eigenvalue weighted by molar-refractivity contribution is 6.13. The Labute approximate surface area is 121 Å². The summed E-state index contributed by atoms with van der Waals surface area (Å²) in [6.45, 7) is 11.8. The summed E-state index contributed by atoms with van der Waals surface area (Å²) in [5, 5.41) is 0. The van der Waals surface area contributed by atoms with Gasteiger partial charge in [-0.1, -0.05) is 55.7 Å². The van der Waals surface area contributed by atoms with E-state index < -0.39 is 0 Å². The lowest BCUT2D eigenvalue weighted by Crippen LogP contribution is -2.45. The van der Waals surface area contributed by atoms with Crippen LogP contribution in [-0.4, -0.2) is 12.5 Å². The highest BCUT2D eigenvalue weighted by atomic mass is 16.2. The van der Waals surface area contributed by atoms with Crippen molar-refractivity contribution in [2.75, 3.05) is 11.4 Å². The van der Waals surface area contributed by atoms with Crippen LogP contribution in [0.2, 0.25) is 0 Å². The van der Waals surface area contributed by atoms with Crippen LogP contribution in [0.15, 0.2) is 73.4 Å². The molecule has 1 aliphatic heterocycles. The first-order valence-electron chi connectivity index (χ1n) is 6.56. The second-order valence-electron chi connectivity index (χ2n) is 4.48. The Bertz CT molecular complexity index is 552. The fraction of sp³-hybridized carbons (Fsp3) is 0.167. The Morgan fingerprint density at radius 1 is 1.25 bits per heavy atom. The third kappa shape index (κ3) is 4.39. The predicted octanol–water partition coefficient (Wildman–Crippen LogP) is 4.20. The van der Waals surface area contributed by atoms with Gasteiger partial charge in [-0.2, -0.15) is 0 Å². The summed E-state index contributed by atoms with van der Waals surface area (Å²) >= 11 is 0. The first-order valence-corrected chi connectivity index (χ1v) is 6.56. The number of allylic oxidation sites excluding steroid dienone is 5. The number of carbonyl (C=O) groups is 1. The van der Waals surface area contributed by atoms with E-state index in [9.17, 15) is 4.79 Å². The zero-order valence-electron chi connectivity index (χ0n) is 12.2. The fourth-order valence-corrected chi connectivity index (χ4v) is 1.69. The van der Waals surface area contributed by atoms with Crippen LogP contribution < -0.4 is 4.90 Å². The summed E-state index contributed by atoms with van der Waals surface area (Å²) in [6, 6.07) is 7.92. The van der Waals surface area contributed by atoms with Gasteiger partial charge in [0.2, 0.25) is 0 Å². The van der Waals surface area contributed by atoms with E-state index in [1.54, 1.807) is 11.0 Å². The molecule has 1 aromatic rings. The number of aryl methyl sites for hydroxylation is 1. The third-order valence-electron chi connectivity index (χ3n) is 2.76. The van der Waals surface area contributed by atoms with Crippen molar-refractivity contribution in [1.82, 2.24) is 0 Å². The maximum Gasteiger partial charge on any atom is 0.255 e. The minimum atomic E-state index is 0.0469. The number of benzene rings is 1. The second kappa shape index (κ2) is 7.95. The van der Waals surface area contributed by atoms with Crippen LogP contribution >= 0.6 is 0 Å². The van der Waals surface area contributed by atoms with Gasteiger partial charge in [0.1, 0.15) is 0 Å². The molecule has 2 rings (SSSR count). The summed E-state index contributed by atoms with van der Waals surface area (Å²) in [5.41, 5.74) is 2.83. The maximum absolute atomic E-state index is 11.3. The van der Waals surface area contributed by atoms with Crippen molar-refractivity contribution in [2.45, 2.75) is 13.8 Å². The van der Waals surface area contributed by atoms with Crippen LogP contribution in [0.25, 0.3) is 0 Å². The highest BCUT2D eigenvalue weighted by Gasteiger charge is 2.29. The molecule has 0 bridgehead atoms. The molecular weight excluding hydrogens is 246 g/mol. The van der Waals surface area contributed by atoms with Gasteiger partial charge < -0.3 is 4.90 Å². The van der Waals surface area contributed by atoms with Crippen molar-refractivity contribution < 1.29 is 4.79 Å². The van der Waals surface area contributed by atoms with E-state index in [1.165, 1.54) is 5.56 Å². The standard InChI is InChI=1S/C11H11NO.C7H10/c1-8-4-3-5-10(6-8)12-7-9(2)11(12)13;1-3-5-7-6-4-2/h3-6H,2,7H2,1H3;3-7H,1H2,2H3/b;6-4-,7-5-. The van der Waals surface area contributed by atoms with E-state index in [-0.39, 0.29) is 5.91 Å². The average molecular weight is 267 g/mol. The molecule has 0 unspecified atom stereocenters. The maximum atomic E-state index is 11.3. The van der Waals surface area contributed by atoms with E-state index in [0.717, 1.165) is 5.69 Å². The molecule has 1 fully saturated rings. The van der Waals surface area contributed by atoms with E-state index in [2.05, 4.69) is 13.2 Å². The highest BCUT2D eigenvalue weighted by Crippen LogP contribution is 2.24. The molecule has 20 heavy (non-hydrogen) atoms. The van der Waals surface area contributed by atoms with Gasteiger partial charge in [0.15, 0.2) is 0 Å². The van der Waals surface area contributed by atoms with Crippen LogP contribution in [0.1, 0.15) is 12.5 Å². The van der Waals surface area contributed by atoms with Crippen molar-refractivity contribution in [3.05, 3.63) is 78.9 Å². The van der Waals surface area contributed by atoms with Crippen LogP contribution in [0.4, 0.5) is 5.69 Å². The van der Waals surface area contributed by atoms with E-state index >= 15 is 0 Å². The fourth-order valence-electron chi connectivity index (χ4n) is 1.69. The number of carbonyl (C=O) groups excluding carboxylic acids is 1. The second-order valence-corrected chi connectivity index (χ2v) is 4.48. The van der Waals surface area contributed by atoms with Crippen molar-refractivity contribution >= 4 is 11.6 Å². The van der Waals surface area contributed by atoms with Gasteiger partial charge in [0.05, 0.1) is 6.54 Å². The normalized spacial score (nSPS) is 14.2. The summed E-state index contributed by atoms with van der Waals surface area (Å²) < 4.78 is 0. The number of hydrogen-bond acceptors (Lipinski definition) is 1. The number of anilines is 1. The average Bonchev–Trinajstić information content (AvgIpc) is 2.45. The lowest BCUT2D eigenvalue weighted by atomic mass is 10.1. The van der Waals surface area contributed by atoms with Gasteiger partial charge in [-0.15, -0.1) is 0 Å². The minimum Gasteiger partial charge on any atom is -0.304 e. The molecule has 2 heteroatoms. The molecule has 0 aliphatic carbocycles. The Kier molecular flexibility index (Phi) is 6.24. The molecule has 0 saturated carbocycles. The summed E-state index contributed by atoms with van der Waals surface area (Å²) in [5.74, 6) is 0.0469. The van der Waals surface area contributed by atoms with Gasteiger partial charge in [-0.3, -0.25) is 4.79 Å². The van der Waals surface area contributed by atoms with Crippen molar-refractivity contribution in [2.24, 2.45) is 0 Å². The molecule has 1 heterocycles. The molecule has 0 aromatic heterocycles. The van der Waals surface area contributed by atoms with Crippen LogP contribution in [-0.2, 0) is 4.79 Å². The molecule has 1 amide bonds. The number of hydrogen-bond donors (Lipinski definition) is 0. The van der Waals surface area contributed by atoms with Crippen molar-refractivity contribution in [3.63, 3.8) is 0 Å². The molecule has 0 spiro atoms. The topological polar surface area (TPSA) is 20.3 Å². The van der Waals surface area contributed by atoms with Crippen LogP contribution in [0.5, 0.6) is 0 Å². The minimum absolute atomic E-state index is 0.0469. The smallest absolute Gasteiger partial charge is 0.255 e. The molecule has 0 radical (unpaired) electrons. The molecule has 1 aliphatic rings. The molecule has 0 N–H and O–H groups in total. The molecular formula is C18H21NO. The summed E-state index contributed by atoms with van der Waals surface area (Å²) in [7, 11) is 0. The van der Waals surface area contributed by atoms with Gasteiger partial charge >= 0.3 is 0 Å². The van der Waals surface area contributed by atoms with Crippen molar-refractivity contribution in [3.8, 4) is 0 Å². The van der Waals surface area contributed by atoms with Gasteiger partial charge in [-0.05, 0) is 31.5 Å². The van der Waals surface area contributed by atoms with Gasteiger partial charge in [-0.25, -0.2) is 0 Å². The number of nitrogens with zero attached hydrogens (tertiary/aromatic N) is 1. The monoisotopic (exact) mass is 267 g/mol. The number of rotatable bonds is 3. The van der Waals surface area contributed by atoms with Crippen LogP contribution in [0, 0.1) is 6.92 Å². The Morgan fingerprint density at radius 3 is 2.50 bits per heavy atom. The molecule has 2 nitrogen and oxygen atoms in total. The summed E-state index contributed by atoms with van der Waals surface area (Å²) in [6.07, 6.45) is 9.51. The Hall–Kier alpha value is -2.35.